The lowest BCUT2D eigenvalue weighted by Crippen LogP contribution is -2.37. The molecule has 96 valence electrons. The second-order valence-electron chi connectivity index (χ2n) is 5.50. The van der Waals surface area contributed by atoms with Gasteiger partial charge in [-0.15, -0.1) is 0 Å². The molecule has 16 heavy (non-hydrogen) atoms. The molecule has 1 nitrogen and oxygen atoms in total. The maximum atomic E-state index is 2.70. The van der Waals surface area contributed by atoms with Crippen molar-refractivity contribution in [2.45, 2.75) is 84.1 Å². The quantitative estimate of drug-likeness (QED) is 0.545. The van der Waals surface area contributed by atoms with Crippen LogP contribution >= 0.6 is 0 Å². The maximum Gasteiger partial charge on any atom is 0.00669 e. The number of likely N-dealkylation sites (tertiary alicyclic amines) is 1. The van der Waals surface area contributed by atoms with Crippen molar-refractivity contribution in [3.05, 3.63) is 0 Å². The van der Waals surface area contributed by atoms with E-state index in [9.17, 15) is 0 Å². The Labute approximate surface area is 103 Å². The van der Waals surface area contributed by atoms with Crippen molar-refractivity contribution in [2.75, 3.05) is 13.1 Å². The van der Waals surface area contributed by atoms with Gasteiger partial charge in [-0.1, -0.05) is 51.9 Å². The first-order valence-electron chi connectivity index (χ1n) is 7.58. The van der Waals surface area contributed by atoms with E-state index in [1.54, 1.807) is 0 Å². The van der Waals surface area contributed by atoms with Crippen LogP contribution in [0.25, 0.3) is 0 Å². The van der Waals surface area contributed by atoms with E-state index in [4.69, 9.17) is 0 Å². The van der Waals surface area contributed by atoms with Gasteiger partial charge in [-0.2, -0.15) is 0 Å². The number of rotatable bonds is 8. The third-order valence-corrected chi connectivity index (χ3v) is 3.99. The number of hydrogen-bond donors (Lipinski definition) is 0. The third kappa shape index (κ3) is 5.89. The van der Waals surface area contributed by atoms with Gasteiger partial charge in [0.25, 0.3) is 0 Å². The normalized spacial score (nSPS) is 22.5. The van der Waals surface area contributed by atoms with Gasteiger partial charge in [0.15, 0.2) is 0 Å². The van der Waals surface area contributed by atoms with Gasteiger partial charge in [-0.25, -0.2) is 0 Å². The smallest absolute Gasteiger partial charge is 0.00669 e. The summed E-state index contributed by atoms with van der Waals surface area (Å²) in [4.78, 5) is 2.70. The minimum absolute atomic E-state index is 0.855. The average Bonchev–Trinajstić information content (AvgIpc) is 2.30. The largest absolute Gasteiger partial charge is 0.301 e. The molecule has 0 bridgehead atoms. The van der Waals surface area contributed by atoms with Gasteiger partial charge >= 0.3 is 0 Å². The zero-order valence-electron chi connectivity index (χ0n) is 11.5. The van der Waals surface area contributed by atoms with Crippen LogP contribution in [-0.2, 0) is 0 Å². The highest BCUT2D eigenvalue weighted by Crippen LogP contribution is 2.17. The second kappa shape index (κ2) is 9.04. The summed E-state index contributed by atoms with van der Waals surface area (Å²) in [5.74, 6) is 0. The van der Waals surface area contributed by atoms with Gasteiger partial charge in [0.2, 0.25) is 0 Å². The molecule has 0 aliphatic carbocycles. The van der Waals surface area contributed by atoms with Crippen molar-refractivity contribution in [1.82, 2.24) is 4.90 Å². The van der Waals surface area contributed by atoms with E-state index < -0.39 is 0 Å². The highest BCUT2D eigenvalue weighted by atomic mass is 15.1. The zero-order valence-corrected chi connectivity index (χ0v) is 11.5. The molecule has 1 heteroatoms. The van der Waals surface area contributed by atoms with Gasteiger partial charge in [0, 0.05) is 6.04 Å². The van der Waals surface area contributed by atoms with E-state index in [2.05, 4.69) is 18.7 Å². The number of unbranched alkanes of at least 4 members (excludes halogenated alkanes) is 6. The predicted molar refractivity (Wildman–Crippen MR) is 72.9 cm³/mol. The Morgan fingerprint density at radius 2 is 1.62 bits per heavy atom. The molecule has 1 unspecified atom stereocenters. The maximum absolute atomic E-state index is 2.70. The fraction of sp³-hybridized carbons (Fsp3) is 1.00. The Kier molecular flexibility index (Phi) is 7.92. The van der Waals surface area contributed by atoms with Crippen molar-refractivity contribution in [1.29, 1.82) is 0 Å². The summed E-state index contributed by atoms with van der Waals surface area (Å²) in [5.41, 5.74) is 0. The van der Waals surface area contributed by atoms with Gasteiger partial charge in [0.1, 0.15) is 0 Å². The number of nitrogens with zero attached hydrogens (tertiary/aromatic N) is 1. The van der Waals surface area contributed by atoms with Crippen molar-refractivity contribution in [2.24, 2.45) is 0 Å². The molecule has 1 aliphatic rings. The molecule has 0 aromatic rings. The molecule has 1 saturated heterocycles. The van der Waals surface area contributed by atoms with Crippen LogP contribution < -0.4 is 0 Å². The Morgan fingerprint density at radius 3 is 2.31 bits per heavy atom. The van der Waals surface area contributed by atoms with Crippen molar-refractivity contribution in [3.8, 4) is 0 Å². The molecule has 0 N–H and O–H groups in total. The molecule has 1 atom stereocenters. The minimum Gasteiger partial charge on any atom is -0.301 e. The molecular formula is C15H31N. The summed E-state index contributed by atoms with van der Waals surface area (Å²) in [7, 11) is 0. The van der Waals surface area contributed by atoms with Gasteiger partial charge in [0.05, 0.1) is 0 Å². The molecule has 1 heterocycles. The topological polar surface area (TPSA) is 3.24 Å². The molecule has 1 rings (SSSR count). The molecule has 1 aliphatic heterocycles. The molecular weight excluding hydrogens is 194 g/mol. The molecule has 0 radical (unpaired) electrons. The molecule has 0 amide bonds. The van der Waals surface area contributed by atoms with Crippen LogP contribution in [0.3, 0.4) is 0 Å². The summed E-state index contributed by atoms with van der Waals surface area (Å²) in [6.45, 7) is 7.41. The van der Waals surface area contributed by atoms with Crippen LogP contribution in [0.1, 0.15) is 78.1 Å². The molecule has 0 aromatic heterocycles. The fourth-order valence-corrected chi connectivity index (χ4v) is 2.76. The Balaban J connectivity index is 1.90. The first kappa shape index (κ1) is 14.0. The number of hydrogen-bond acceptors (Lipinski definition) is 1. The van der Waals surface area contributed by atoms with Gasteiger partial charge in [-0.3, -0.25) is 0 Å². The zero-order chi connectivity index (χ0) is 11.6. The average molecular weight is 225 g/mol. The fourth-order valence-electron chi connectivity index (χ4n) is 2.76. The first-order valence-corrected chi connectivity index (χ1v) is 7.58. The van der Waals surface area contributed by atoms with Crippen molar-refractivity contribution < 1.29 is 0 Å². The highest BCUT2D eigenvalue weighted by Gasteiger charge is 2.16. The van der Waals surface area contributed by atoms with Crippen molar-refractivity contribution in [3.63, 3.8) is 0 Å². The van der Waals surface area contributed by atoms with E-state index in [1.807, 2.05) is 0 Å². The van der Waals surface area contributed by atoms with Gasteiger partial charge in [-0.05, 0) is 39.3 Å². The summed E-state index contributed by atoms with van der Waals surface area (Å²) < 4.78 is 0. The van der Waals surface area contributed by atoms with Crippen LogP contribution in [-0.4, -0.2) is 24.0 Å². The lowest BCUT2D eigenvalue weighted by Gasteiger charge is -2.33. The third-order valence-electron chi connectivity index (χ3n) is 3.99. The first-order chi connectivity index (χ1) is 7.84. The molecule has 0 spiro atoms. The van der Waals surface area contributed by atoms with Crippen LogP contribution in [0.2, 0.25) is 0 Å². The van der Waals surface area contributed by atoms with E-state index in [1.165, 1.54) is 77.3 Å². The number of piperidine rings is 1. The Hall–Kier alpha value is -0.0400. The van der Waals surface area contributed by atoms with Crippen LogP contribution in [0.15, 0.2) is 0 Å². The molecule has 0 saturated carbocycles. The molecule has 0 aromatic carbocycles. The predicted octanol–water partition coefficient (Wildman–Crippen LogP) is 4.61. The lowest BCUT2D eigenvalue weighted by molar-refractivity contribution is 0.157. The van der Waals surface area contributed by atoms with Crippen LogP contribution in [0.4, 0.5) is 0 Å². The van der Waals surface area contributed by atoms with Gasteiger partial charge < -0.3 is 4.90 Å². The van der Waals surface area contributed by atoms with E-state index >= 15 is 0 Å². The van der Waals surface area contributed by atoms with Crippen LogP contribution in [0, 0.1) is 0 Å². The monoisotopic (exact) mass is 225 g/mol. The highest BCUT2D eigenvalue weighted by molar-refractivity contribution is 4.72. The summed E-state index contributed by atoms with van der Waals surface area (Å²) in [6.07, 6.45) is 14.4. The van der Waals surface area contributed by atoms with Crippen molar-refractivity contribution >= 4 is 0 Å². The van der Waals surface area contributed by atoms with E-state index in [-0.39, 0.29) is 0 Å². The Bertz CT molecular complexity index is 156. The SMILES string of the molecule is CCCCCCCCCN1CCCCC1C. The summed E-state index contributed by atoms with van der Waals surface area (Å²) in [6, 6.07) is 0.855. The second-order valence-corrected chi connectivity index (χ2v) is 5.50. The Morgan fingerprint density at radius 1 is 0.938 bits per heavy atom. The standard InChI is InChI=1S/C15H31N/c1-3-4-5-6-7-8-10-13-16-14-11-9-12-15(16)2/h15H,3-14H2,1-2H3. The summed E-state index contributed by atoms with van der Waals surface area (Å²) in [5, 5.41) is 0. The summed E-state index contributed by atoms with van der Waals surface area (Å²) >= 11 is 0. The minimum atomic E-state index is 0.855. The molecule has 1 fully saturated rings. The van der Waals surface area contributed by atoms with Crippen LogP contribution in [0.5, 0.6) is 0 Å². The van der Waals surface area contributed by atoms with E-state index in [0.29, 0.717) is 0 Å². The lowest BCUT2D eigenvalue weighted by atomic mass is 10.0. The van der Waals surface area contributed by atoms with E-state index in [0.717, 1.165) is 6.04 Å².